The van der Waals surface area contributed by atoms with E-state index in [4.69, 9.17) is 5.73 Å². The predicted molar refractivity (Wildman–Crippen MR) is 111 cm³/mol. The van der Waals surface area contributed by atoms with Gasteiger partial charge in [-0.3, -0.25) is 4.79 Å². The van der Waals surface area contributed by atoms with Gasteiger partial charge in [-0.1, -0.05) is 31.9 Å². The maximum absolute atomic E-state index is 12.6. The van der Waals surface area contributed by atoms with E-state index >= 15 is 0 Å². The lowest BCUT2D eigenvalue weighted by atomic mass is 9.64. The molecule has 3 atom stereocenters. The van der Waals surface area contributed by atoms with E-state index in [-0.39, 0.29) is 5.91 Å². The maximum atomic E-state index is 12.6. The summed E-state index contributed by atoms with van der Waals surface area (Å²) < 4.78 is 2.41. The third-order valence-corrected chi connectivity index (χ3v) is 7.08. The van der Waals surface area contributed by atoms with Crippen LogP contribution in [0.5, 0.6) is 0 Å². The zero-order chi connectivity index (χ0) is 19.3. The predicted octanol–water partition coefficient (Wildman–Crippen LogP) is 4.23. The number of hydrogen-bond acceptors (Lipinski definition) is 2. The molecule has 2 heterocycles. The topological polar surface area (TPSA) is 51.3 Å². The third kappa shape index (κ3) is 2.80. The van der Waals surface area contributed by atoms with Gasteiger partial charge in [0, 0.05) is 41.6 Å². The first kappa shape index (κ1) is 18.5. The van der Waals surface area contributed by atoms with E-state index in [0.29, 0.717) is 18.0 Å². The summed E-state index contributed by atoms with van der Waals surface area (Å²) in [6, 6.07) is 7.63. The van der Waals surface area contributed by atoms with E-state index in [0.717, 1.165) is 38.6 Å². The van der Waals surface area contributed by atoms with Crippen molar-refractivity contribution in [2.75, 3.05) is 13.6 Å². The highest BCUT2D eigenvalue weighted by Gasteiger charge is 2.49. The Morgan fingerprint density at radius 2 is 2.15 bits per heavy atom. The largest absolute Gasteiger partial charge is 0.369 e. The summed E-state index contributed by atoms with van der Waals surface area (Å²) in [5.74, 6) is 0.270. The number of primary amides is 1. The molecule has 0 bridgehead atoms. The number of carbonyl (C=O) groups excluding carboxylic acids is 1. The average molecular weight is 368 g/mol. The number of unbranched alkanes of at least 4 members (excludes halogenated alkanes) is 1. The lowest BCUT2D eigenvalue weighted by molar-refractivity contribution is -0.133. The summed E-state index contributed by atoms with van der Waals surface area (Å²) >= 11 is 0. The number of piperidine rings is 1. The maximum Gasteiger partial charge on any atom is 0.224 e. The van der Waals surface area contributed by atoms with E-state index in [9.17, 15) is 4.79 Å². The minimum absolute atomic E-state index is 0.112. The number of nitrogens with zero attached hydrogens (tertiary/aromatic N) is 2. The molecule has 27 heavy (non-hydrogen) atoms. The van der Waals surface area contributed by atoms with Crippen LogP contribution in [0, 0.1) is 5.41 Å². The number of aromatic nitrogens is 1. The van der Waals surface area contributed by atoms with Crippen LogP contribution in [0.2, 0.25) is 0 Å². The fraction of sp³-hybridized carbons (Fsp3) is 0.609. The summed E-state index contributed by atoms with van der Waals surface area (Å²) in [5.41, 5.74) is 9.82. The molecule has 4 nitrogen and oxygen atoms in total. The first-order valence-electron chi connectivity index (χ1n) is 10.5. The van der Waals surface area contributed by atoms with Gasteiger partial charge in [0.1, 0.15) is 0 Å². The van der Waals surface area contributed by atoms with Crippen LogP contribution in [-0.2, 0) is 11.2 Å². The number of carbonyl (C=O) groups is 1. The second kappa shape index (κ2) is 6.66. The van der Waals surface area contributed by atoms with E-state index in [1.54, 1.807) is 0 Å². The normalized spacial score (nSPS) is 27.9. The summed E-state index contributed by atoms with van der Waals surface area (Å²) in [4.78, 5) is 15.0. The molecule has 146 valence electrons. The fourth-order valence-corrected chi connectivity index (χ4v) is 5.68. The Hall–Kier alpha value is -1.81. The average Bonchev–Trinajstić information content (AvgIpc) is 3.01. The zero-order valence-electron chi connectivity index (χ0n) is 17.2. The van der Waals surface area contributed by atoms with Crippen LogP contribution in [-0.4, -0.2) is 35.0 Å². The third-order valence-electron chi connectivity index (χ3n) is 7.08. The van der Waals surface area contributed by atoms with Crippen molar-refractivity contribution in [2.24, 2.45) is 11.1 Å². The number of likely N-dealkylation sites (N-methyl/N-ethyl adjacent to an activating group) is 1. The highest BCUT2D eigenvalue weighted by Crippen LogP contribution is 2.50. The van der Waals surface area contributed by atoms with Crippen molar-refractivity contribution in [1.29, 1.82) is 0 Å². The number of amides is 1. The second-order valence-corrected chi connectivity index (χ2v) is 9.14. The zero-order valence-corrected chi connectivity index (χ0v) is 17.2. The smallest absolute Gasteiger partial charge is 0.224 e. The molecule has 2 aliphatic rings. The Balaban J connectivity index is 1.82. The van der Waals surface area contributed by atoms with Gasteiger partial charge in [0.05, 0.1) is 5.41 Å². The van der Waals surface area contributed by atoms with Crippen LogP contribution in [0.4, 0.5) is 0 Å². The molecule has 2 aromatic rings. The van der Waals surface area contributed by atoms with Gasteiger partial charge < -0.3 is 15.2 Å². The van der Waals surface area contributed by atoms with Crippen molar-refractivity contribution < 1.29 is 4.79 Å². The van der Waals surface area contributed by atoms with Crippen molar-refractivity contribution in [2.45, 2.75) is 70.9 Å². The molecule has 1 fully saturated rings. The van der Waals surface area contributed by atoms with Gasteiger partial charge in [-0.2, -0.15) is 0 Å². The van der Waals surface area contributed by atoms with Crippen LogP contribution in [0.25, 0.3) is 10.9 Å². The number of nitrogens with two attached hydrogens (primary N) is 1. The molecular formula is C23H33N3O. The van der Waals surface area contributed by atoms with Crippen LogP contribution in [0.3, 0.4) is 0 Å². The van der Waals surface area contributed by atoms with Crippen molar-refractivity contribution in [1.82, 2.24) is 9.47 Å². The molecule has 1 aliphatic carbocycles. The molecule has 1 unspecified atom stereocenters. The molecule has 1 aromatic carbocycles. The summed E-state index contributed by atoms with van der Waals surface area (Å²) in [7, 11) is 2.19. The summed E-state index contributed by atoms with van der Waals surface area (Å²) in [5, 5.41) is 1.43. The second-order valence-electron chi connectivity index (χ2n) is 9.14. The quantitative estimate of drug-likeness (QED) is 0.860. The molecule has 0 radical (unpaired) electrons. The summed E-state index contributed by atoms with van der Waals surface area (Å²) in [6.45, 7) is 7.47. The van der Waals surface area contributed by atoms with Crippen LogP contribution < -0.4 is 5.73 Å². The first-order valence-corrected chi connectivity index (χ1v) is 10.5. The first-order chi connectivity index (χ1) is 12.9. The Labute approximate surface area is 162 Å². The Morgan fingerprint density at radius 1 is 1.37 bits per heavy atom. The Morgan fingerprint density at radius 3 is 2.81 bits per heavy atom. The van der Waals surface area contributed by atoms with E-state index < -0.39 is 5.41 Å². The van der Waals surface area contributed by atoms with Gasteiger partial charge in [0.25, 0.3) is 0 Å². The number of rotatable bonds is 5. The number of hydrogen-bond donors (Lipinski definition) is 1. The number of benzene rings is 1. The molecule has 1 aromatic heterocycles. The molecule has 1 amide bonds. The van der Waals surface area contributed by atoms with E-state index in [1.165, 1.54) is 22.0 Å². The van der Waals surface area contributed by atoms with Crippen molar-refractivity contribution in [3.8, 4) is 0 Å². The van der Waals surface area contributed by atoms with Crippen molar-refractivity contribution >= 4 is 16.8 Å². The Kier molecular flexibility index (Phi) is 4.58. The van der Waals surface area contributed by atoms with Gasteiger partial charge >= 0.3 is 0 Å². The Bertz CT molecular complexity index is 868. The van der Waals surface area contributed by atoms with Gasteiger partial charge in [-0.25, -0.2) is 0 Å². The number of likely N-dealkylation sites (tertiary alicyclic amines) is 1. The minimum Gasteiger partial charge on any atom is -0.369 e. The molecule has 0 saturated carbocycles. The van der Waals surface area contributed by atoms with E-state index in [2.05, 4.69) is 61.7 Å². The van der Waals surface area contributed by atoms with Gasteiger partial charge in [-0.15, -0.1) is 0 Å². The van der Waals surface area contributed by atoms with Gasteiger partial charge in [0.15, 0.2) is 0 Å². The van der Waals surface area contributed by atoms with Crippen molar-refractivity contribution in [3.05, 3.63) is 35.5 Å². The molecule has 1 saturated heterocycles. The molecule has 4 rings (SSSR count). The van der Waals surface area contributed by atoms with E-state index in [1.807, 2.05) is 0 Å². The molecule has 2 N–H and O–H groups in total. The fourth-order valence-electron chi connectivity index (χ4n) is 5.68. The lowest BCUT2D eigenvalue weighted by Gasteiger charge is -2.50. The standard InChI is InChI=1S/C23H33N3O/c1-5-6-10-23(22(24)27)12-18-17-8-7-9-19-21(17)16(13-26(19)15(2)3)11-20(18)25(4)14-23/h7-9,13,15,18,20H,5-6,10-12,14H2,1-4H3,(H2,24,27)/t18-,20-,23?/m1/s1. The molecule has 1 aliphatic heterocycles. The minimum atomic E-state index is -0.397. The summed E-state index contributed by atoms with van der Waals surface area (Å²) in [6.07, 6.45) is 7.38. The van der Waals surface area contributed by atoms with Gasteiger partial charge in [-0.05, 0) is 57.4 Å². The molecule has 4 heteroatoms. The highest BCUT2D eigenvalue weighted by molar-refractivity contribution is 5.89. The van der Waals surface area contributed by atoms with Crippen LogP contribution >= 0.6 is 0 Å². The molecular weight excluding hydrogens is 334 g/mol. The van der Waals surface area contributed by atoms with Crippen LogP contribution in [0.15, 0.2) is 24.4 Å². The van der Waals surface area contributed by atoms with Crippen LogP contribution in [0.1, 0.15) is 69.5 Å². The van der Waals surface area contributed by atoms with Crippen molar-refractivity contribution in [3.63, 3.8) is 0 Å². The number of fused-ring (bicyclic) bond motifs is 2. The van der Waals surface area contributed by atoms with Gasteiger partial charge in [0.2, 0.25) is 5.91 Å². The monoisotopic (exact) mass is 367 g/mol. The lowest BCUT2D eigenvalue weighted by Crippen LogP contribution is -2.56. The SMILES string of the molecule is CCCCC1(C(N)=O)C[C@@H]2c3cccc4c3c(cn4C(C)C)C[C@H]2N(C)C1. The highest BCUT2D eigenvalue weighted by atomic mass is 16.1. The molecule has 0 spiro atoms.